The fourth-order valence-electron chi connectivity index (χ4n) is 2.03. The van der Waals surface area contributed by atoms with Crippen molar-refractivity contribution in [1.82, 2.24) is 10.3 Å². The molecule has 1 aromatic carbocycles. The second-order valence-corrected chi connectivity index (χ2v) is 6.15. The fraction of sp³-hybridized carbons (Fsp3) is 0.214. The first-order valence-corrected chi connectivity index (χ1v) is 7.50. The molecule has 8 heteroatoms. The molecule has 0 spiro atoms. The molecule has 3 aromatic rings. The monoisotopic (exact) mass is 318 g/mol. The fourth-order valence-corrected chi connectivity index (χ4v) is 2.85. The van der Waals surface area contributed by atoms with Crippen molar-refractivity contribution in [3.05, 3.63) is 30.5 Å². The van der Waals surface area contributed by atoms with Crippen LogP contribution < -0.4 is 15.1 Å². The number of hydrogen-bond donors (Lipinski definition) is 2. The van der Waals surface area contributed by atoms with E-state index in [0.29, 0.717) is 10.7 Å². The molecule has 0 saturated heterocycles. The van der Waals surface area contributed by atoms with Gasteiger partial charge < -0.3 is 19.9 Å². The van der Waals surface area contributed by atoms with E-state index in [1.165, 1.54) is 4.68 Å². The highest BCUT2D eigenvalue weighted by molar-refractivity contribution is 8.00. The summed E-state index contributed by atoms with van der Waals surface area (Å²) >= 11 is 1.11. The first kappa shape index (κ1) is 14.5. The largest absolute Gasteiger partial charge is 0.538 e. The van der Waals surface area contributed by atoms with E-state index in [9.17, 15) is 9.90 Å². The van der Waals surface area contributed by atoms with Crippen molar-refractivity contribution in [3.8, 4) is 5.95 Å². The molecule has 1 unspecified atom stereocenters. The zero-order valence-electron chi connectivity index (χ0n) is 12.0. The van der Waals surface area contributed by atoms with Crippen LogP contribution in [-0.4, -0.2) is 21.4 Å². The molecule has 2 N–H and O–H groups in total. The number of aromatic amines is 1. The van der Waals surface area contributed by atoms with Crippen LogP contribution in [-0.2, 0) is 11.8 Å². The Hall–Kier alpha value is -2.48. The van der Waals surface area contributed by atoms with E-state index in [0.717, 1.165) is 22.7 Å². The van der Waals surface area contributed by atoms with Crippen molar-refractivity contribution in [3.63, 3.8) is 0 Å². The highest BCUT2D eigenvalue weighted by Gasteiger charge is 2.23. The zero-order valence-corrected chi connectivity index (χ0v) is 12.8. The summed E-state index contributed by atoms with van der Waals surface area (Å²) in [6.45, 7) is 1.72. The molecule has 114 valence electrons. The van der Waals surface area contributed by atoms with Gasteiger partial charge in [-0.1, -0.05) is 4.68 Å². The summed E-state index contributed by atoms with van der Waals surface area (Å²) in [4.78, 5) is 15.3. The molecule has 0 bridgehead atoms. The van der Waals surface area contributed by atoms with Crippen LogP contribution in [0.25, 0.3) is 10.9 Å². The van der Waals surface area contributed by atoms with Crippen LogP contribution in [0.15, 0.2) is 40.0 Å². The van der Waals surface area contributed by atoms with Gasteiger partial charge in [0.15, 0.2) is 13.0 Å². The van der Waals surface area contributed by atoms with Gasteiger partial charge in [-0.05, 0) is 43.0 Å². The van der Waals surface area contributed by atoms with Crippen LogP contribution in [0.3, 0.4) is 0 Å². The Balaban J connectivity index is 1.70. The molecule has 0 aliphatic heterocycles. The van der Waals surface area contributed by atoms with Gasteiger partial charge in [-0.3, -0.25) is 4.79 Å². The smallest absolute Gasteiger partial charge is 0.291 e. The van der Waals surface area contributed by atoms with Crippen molar-refractivity contribution in [2.24, 2.45) is 7.05 Å². The Kier molecular flexibility index (Phi) is 3.76. The number of carbonyl (C=O) groups excluding carboxylic acids is 1. The Morgan fingerprint density at radius 2 is 2.32 bits per heavy atom. The Morgan fingerprint density at radius 3 is 3.05 bits per heavy atom. The number of hydrogen-bond acceptors (Lipinski definition) is 5. The number of carbonyl (C=O) groups is 1. The van der Waals surface area contributed by atoms with Crippen LogP contribution in [0.2, 0.25) is 0 Å². The topological polar surface area (TPSA) is 97.9 Å². The summed E-state index contributed by atoms with van der Waals surface area (Å²) in [6.07, 6.45) is 1.84. The number of fused-ring (bicyclic) bond motifs is 1. The molecule has 0 aliphatic rings. The van der Waals surface area contributed by atoms with E-state index in [-0.39, 0.29) is 5.91 Å². The van der Waals surface area contributed by atoms with E-state index >= 15 is 0 Å². The van der Waals surface area contributed by atoms with Gasteiger partial charge in [0.2, 0.25) is 5.91 Å². The third-order valence-electron chi connectivity index (χ3n) is 3.19. The van der Waals surface area contributed by atoms with Gasteiger partial charge in [0.1, 0.15) is 0 Å². The molecular weight excluding hydrogens is 304 g/mol. The molecule has 0 fully saturated rings. The van der Waals surface area contributed by atoms with E-state index in [1.54, 1.807) is 14.0 Å². The summed E-state index contributed by atoms with van der Waals surface area (Å²) in [6, 6.07) is 7.55. The van der Waals surface area contributed by atoms with Crippen LogP contribution in [0, 0.1) is 0 Å². The molecule has 1 amide bonds. The number of anilines is 1. The Bertz CT molecular complexity index is 807. The van der Waals surface area contributed by atoms with Crippen molar-refractivity contribution in [2.45, 2.75) is 17.2 Å². The lowest BCUT2D eigenvalue weighted by Crippen LogP contribution is -2.33. The number of aryl methyl sites for hydroxylation is 1. The highest BCUT2D eigenvalue weighted by atomic mass is 32.2. The average molecular weight is 318 g/mol. The third kappa shape index (κ3) is 2.77. The van der Waals surface area contributed by atoms with Crippen molar-refractivity contribution < 1.29 is 19.1 Å². The van der Waals surface area contributed by atoms with Crippen LogP contribution in [0.1, 0.15) is 6.92 Å². The van der Waals surface area contributed by atoms with E-state index < -0.39 is 11.2 Å². The number of nitrogens with zero attached hydrogens (tertiary/aromatic N) is 2. The molecule has 0 saturated carbocycles. The predicted octanol–water partition coefficient (Wildman–Crippen LogP) is 1.17. The third-order valence-corrected chi connectivity index (χ3v) is 4.41. The summed E-state index contributed by atoms with van der Waals surface area (Å²) in [7, 11) is 1.59. The van der Waals surface area contributed by atoms with Crippen molar-refractivity contribution in [2.75, 3.05) is 5.32 Å². The first-order valence-electron chi connectivity index (χ1n) is 6.62. The molecule has 22 heavy (non-hydrogen) atoms. The van der Waals surface area contributed by atoms with E-state index in [4.69, 9.17) is 0 Å². The Morgan fingerprint density at radius 1 is 1.50 bits per heavy atom. The minimum absolute atomic E-state index is 0.194. The minimum atomic E-state index is -0.541. The van der Waals surface area contributed by atoms with Gasteiger partial charge in [0.25, 0.3) is 5.03 Å². The lowest BCUT2D eigenvalue weighted by molar-refractivity contribution is -0.772. The SMILES string of the molecule is CC(Sc1c([O-])on[n+]1C)C(=O)Nc1ccc2[nH]ccc2c1. The molecule has 1 atom stereocenters. The van der Waals surface area contributed by atoms with Gasteiger partial charge in [-0.2, -0.15) is 0 Å². The maximum atomic E-state index is 12.2. The first-order chi connectivity index (χ1) is 10.5. The summed E-state index contributed by atoms with van der Waals surface area (Å²) in [5.74, 6) is -0.735. The van der Waals surface area contributed by atoms with Crippen LogP contribution in [0.5, 0.6) is 5.95 Å². The van der Waals surface area contributed by atoms with Crippen molar-refractivity contribution in [1.29, 1.82) is 0 Å². The summed E-state index contributed by atoms with van der Waals surface area (Å²) in [5.41, 5.74) is 1.72. The maximum Gasteiger partial charge on any atom is 0.291 e. The van der Waals surface area contributed by atoms with Crippen LogP contribution >= 0.6 is 11.8 Å². The number of nitrogens with one attached hydrogen (secondary N) is 2. The lowest BCUT2D eigenvalue weighted by atomic mass is 10.2. The lowest BCUT2D eigenvalue weighted by Gasteiger charge is -2.10. The number of thioether (sulfide) groups is 1. The number of H-pyrrole nitrogens is 1. The predicted molar refractivity (Wildman–Crippen MR) is 79.4 cm³/mol. The number of rotatable bonds is 4. The molecule has 2 heterocycles. The molecular formula is C14H14N4O3S. The van der Waals surface area contributed by atoms with Gasteiger partial charge in [-0.25, -0.2) is 0 Å². The van der Waals surface area contributed by atoms with Gasteiger partial charge >= 0.3 is 0 Å². The Labute approximate surface area is 130 Å². The van der Waals surface area contributed by atoms with Crippen LogP contribution in [0.4, 0.5) is 5.69 Å². The zero-order chi connectivity index (χ0) is 15.7. The van der Waals surface area contributed by atoms with Gasteiger partial charge in [0, 0.05) is 22.8 Å². The summed E-state index contributed by atoms with van der Waals surface area (Å²) < 4.78 is 5.86. The second-order valence-electron chi connectivity index (χ2n) is 4.82. The van der Waals surface area contributed by atoms with Gasteiger partial charge in [0.05, 0.1) is 10.5 Å². The number of aromatic nitrogens is 3. The van der Waals surface area contributed by atoms with E-state index in [1.807, 2.05) is 30.5 Å². The quantitative estimate of drug-likeness (QED) is 0.556. The maximum absolute atomic E-state index is 12.2. The average Bonchev–Trinajstić information content (AvgIpc) is 3.08. The highest BCUT2D eigenvalue weighted by Crippen LogP contribution is 2.27. The van der Waals surface area contributed by atoms with Crippen molar-refractivity contribution >= 4 is 34.3 Å². The number of benzene rings is 1. The molecule has 0 radical (unpaired) electrons. The molecule has 7 nitrogen and oxygen atoms in total. The normalized spacial score (nSPS) is 12.5. The second kappa shape index (κ2) is 5.72. The number of amides is 1. The molecule has 0 aliphatic carbocycles. The van der Waals surface area contributed by atoms with E-state index in [2.05, 4.69) is 20.1 Å². The van der Waals surface area contributed by atoms with Gasteiger partial charge in [-0.15, -0.1) is 0 Å². The molecule has 2 aromatic heterocycles. The minimum Gasteiger partial charge on any atom is -0.538 e. The standard InChI is InChI=1S/C14H13N4O3S/c1-8(22-13-14(20)21-17-18(13)2)12(19)16-10-3-4-11-9(7-10)5-6-15-11/h3-8,20H,1-2H3/q-1/p+1. The summed E-state index contributed by atoms with van der Waals surface area (Å²) in [5, 5.41) is 18.7. The molecule has 3 rings (SSSR count).